The zero-order valence-electron chi connectivity index (χ0n) is 10.3. The summed E-state index contributed by atoms with van der Waals surface area (Å²) in [7, 11) is 0. The van der Waals surface area contributed by atoms with E-state index in [1.807, 2.05) is 0 Å². The Morgan fingerprint density at radius 1 is 0.952 bits per heavy atom. The lowest BCUT2D eigenvalue weighted by Crippen LogP contribution is -2.06. The third-order valence-electron chi connectivity index (χ3n) is 2.89. The zero-order chi connectivity index (χ0) is 15.8. The molecule has 0 aliphatic carbocycles. The molecule has 7 heteroatoms. The highest BCUT2D eigenvalue weighted by Gasteiger charge is 2.30. The SMILES string of the molecule is OC(c1ccc(C(F)(F)F)cc1)c1cc(F)c(F)cc1Br. The first-order valence-electron chi connectivity index (χ1n) is 5.70. The lowest BCUT2D eigenvalue weighted by Gasteiger charge is -2.15. The van der Waals surface area contributed by atoms with E-state index in [9.17, 15) is 27.1 Å². The van der Waals surface area contributed by atoms with Gasteiger partial charge < -0.3 is 5.11 Å². The molecule has 1 nitrogen and oxygen atoms in total. The van der Waals surface area contributed by atoms with E-state index in [0.717, 1.165) is 36.4 Å². The topological polar surface area (TPSA) is 20.2 Å². The van der Waals surface area contributed by atoms with Crippen molar-refractivity contribution in [2.75, 3.05) is 0 Å². The van der Waals surface area contributed by atoms with E-state index in [-0.39, 0.29) is 15.6 Å². The van der Waals surface area contributed by atoms with Crippen LogP contribution in [0.2, 0.25) is 0 Å². The van der Waals surface area contributed by atoms with E-state index in [0.29, 0.717) is 0 Å². The average molecular weight is 367 g/mol. The van der Waals surface area contributed by atoms with Gasteiger partial charge in [0.15, 0.2) is 11.6 Å². The number of aliphatic hydroxyl groups is 1. The summed E-state index contributed by atoms with van der Waals surface area (Å²) in [5.41, 5.74) is -0.703. The fourth-order valence-electron chi connectivity index (χ4n) is 1.78. The molecule has 0 saturated heterocycles. The second-order valence-electron chi connectivity index (χ2n) is 4.31. The van der Waals surface area contributed by atoms with Gasteiger partial charge in [-0.1, -0.05) is 28.1 Å². The Morgan fingerprint density at radius 2 is 1.48 bits per heavy atom. The summed E-state index contributed by atoms with van der Waals surface area (Å²) in [5.74, 6) is -2.25. The predicted octanol–water partition coefficient (Wildman–Crippen LogP) is 4.83. The zero-order valence-corrected chi connectivity index (χ0v) is 11.8. The van der Waals surface area contributed by atoms with Crippen molar-refractivity contribution in [3.05, 3.63) is 69.2 Å². The monoisotopic (exact) mass is 366 g/mol. The number of hydrogen-bond donors (Lipinski definition) is 1. The van der Waals surface area contributed by atoms with Gasteiger partial charge in [0.05, 0.1) is 5.56 Å². The van der Waals surface area contributed by atoms with Gasteiger partial charge in [-0.15, -0.1) is 0 Å². The molecule has 21 heavy (non-hydrogen) atoms. The molecule has 0 saturated carbocycles. The Hall–Kier alpha value is -1.47. The summed E-state index contributed by atoms with van der Waals surface area (Å²) in [6.45, 7) is 0. The van der Waals surface area contributed by atoms with Crippen LogP contribution in [0.1, 0.15) is 22.8 Å². The largest absolute Gasteiger partial charge is 0.416 e. The second kappa shape index (κ2) is 5.73. The summed E-state index contributed by atoms with van der Waals surface area (Å²) >= 11 is 2.98. The van der Waals surface area contributed by atoms with Crippen molar-refractivity contribution in [3.63, 3.8) is 0 Å². The molecule has 1 atom stereocenters. The van der Waals surface area contributed by atoms with Crippen LogP contribution in [0.25, 0.3) is 0 Å². The molecule has 1 unspecified atom stereocenters. The predicted molar refractivity (Wildman–Crippen MR) is 69.6 cm³/mol. The Labute approximate surface area is 125 Å². The quantitative estimate of drug-likeness (QED) is 0.596. The summed E-state index contributed by atoms with van der Waals surface area (Å²) in [4.78, 5) is 0. The van der Waals surface area contributed by atoms with Crippen molar-refractivity contribution in [1.82, 2.24) is 0 Å². The van der Waals surface area contributed by atoms with Gasteiger partial charge in [0.25, 0.3) is 0 Å². The van der Waals surface area contributed by atoms with E-state index in [4.69, 9.17) is 0 Å². The molecule has 0 heterocycles. The number of benzene rings is 2. The van der Waals surface area contributed by atoms with Crippen LogP contribution in [0.3, 0.4) is 0 Å². The minimum Gasteiger partial charge on any atom is -0.384 e. The third-order valence-corrected chi connectivity index (χ3v) is 3.57. The standard InChI is InChI=1S/C14H8BrF5O/c15-10-6-12(17)11(16)5-9(10)13(21)7-1-3-8(4-2-7)14(18,19)20/h1-6,13,21H. The summed E-state index contributed by atoms with van der Waals surface area (Å²) in [6, 6.07) is 5.43. The molecule has 0 spiro atoms. The van der Waals surface area contributed by atoms with Crippen molar-refractivity contribution in [2.45, 2.75) is 12.3 Å². The smallest absolute Gasteiger partial charge is 0.384 e. The van der Waals surface area contributed by atoms with Crippen molar-refractivity contribution >= 4 is 15.9 Å². The fourth-order valence-corrected chi connectivity index (χ4v) is 2.31. The minimum absolute atomic E-state index is 0.0219. The highest BCUT2D eigenvalue weighted by Crippen LogP contribution is 2.33. The van der Waals surface area contributed by atoms with E-state index in [1.165, 1.54) is 0 Å². The first-order chi connectivity index (χ1) is 9.70. The first-order valence-corrected chi connectivity index (χ1v) is 6.49. The van der Waals surface area contributed by atoms with E-state index >= 15 is 0 Å². The van der Waals surface area contributed by atoms with Gasteiger partial charge in [-0.2, -0.15) is 13.2 Å². The number of rotatable bonds is 2. The van der Waals surface area contributed by atoms with Gasteiger partial charge in [0, 0.05) is 10.0 Å². The molecule has 1 N–H and O–H groups in total. The van der Waals surface area contributed by atoms with E-state index in [1.54, 1.807) is 0 Å². The lowest BCUT2D eigenvalue weighted by atomic mass is 10.00. The second-order valence-corrected chi connectivity index (χ2v) is 5.16. The van der Waals surface area contributed by atoms with Gasteiger partial charge in [-0.3, -0.25) is 0 Å². The van der Waals surface area contributed by atoms with Gasteiger partial charge in [-0.05, 0) is 29.8 Å². The molecule has 2 aromatic rings. The first kappa shape index (κ1) is 15.9. The maximum atomic E-state index is 13.2. The minimum atomic E-state index is -4.48. The molecule has 112 valence electrons. The van der Waals surface area contributed by atoms with Gasteiger partial charge in [0.2, 0.25) is 0 Å². The molecule has 2 rings (SSSR count). The summed E-state index contributed by atoms with van der Waals surface area (Å²) in [5, 5.41) is 10.1. The average Bonchev–Trinajstić information content (AvgIpc) is 2.41. The van der Waals surface area contributed by atoms with Crippen LogP contribution in [0, 0.1) is 11.6 Å². The number of hydrogen-bond acceptors (Lipinski definition) is 1. The third kappa shape index (κ3) is 3.41. The van der Waals surface area contributed by atoms with E-state index < -0.39 is 29.5 Å². The number of halogens is 6. The summed E-state index contributed by atoms with van der Waals surface area (Å²) in [6.07, 6.45) is -5.86. The summed E-state index contributed by atoms with van der Waals surface area (Å²) < 4.78 is 63.6. The molecular formula is C14H8BrF5O. The van der Waals surface area contributed by atoms with Crippen LogP contribution < -0.4 is 0 Å². The lowest BCUT2D eigenvalue weighted by molar-refractivity contribution is -0.137. The Kier molecular flexibility index (Phi) is 4.34. The van der Waals surface area contributed by atoms with Crippen molar-refractivity contribution in [2.24, 2.45) is 0 Å². The van der Waals surface area contributed by atoms with Crippen molar-refractivity contribution in [1.29, 1.82) is 0 Å². The normalized spacial score (nSPS) is 13.3. The molecule has 0 bridgehead atoms. The Bertz CT molecular complexity index is 652. The van der Waals surface area contributed by atoms with Crippen LogP contribution in [0.5, 0.6) is 0 Å². The van der Waals surface area contributed by atoms with Gasteiger partial charge in [-0.25, -0.2) is 8.78 Å². The number of alkyl halides is 3. The van der Waals surface area contributed by atoms with Gasteiger partial charge in [0.1, 0.15) is 6.10 Å². The van der Waals surface area contributed by atoms with Crippen LogP contribution in [-0.4, -0.2) is 5.11 Å². The molecule has 0 radical (unpaired) electrons. The highest BCUT2D eigenvalue weighted by atomic mass is 79.9. The maximum Gasteiger partial charge on any atom is 0.416 e. The molecule has 0 aliphatic heterocycles. The van der Waals surface area contributed by atoms with Crippen LogP contribution >= 0.6 is 15.9 Å². The fraction of sp³-hybridized carbons (Fsp3) is 0.143. The van der Waals surface area contributed by atoms with Crippen LogP contribution in [0.15, 0.2) is 40.9 Å². The van der Waals surface area contributed by atoms with E-state index in [2.05, 4.69) is 15.9 Å². The molecule has 0 amide bonds. The van der Waals surface area contributed by atoms with Crippen LogP contribution in [0.4, 0.5) is 22.0 Å². The van der Waals surface area contributed by atoms with Gasteiger partial charge >= 0.3 is 6.18 Å². The van der Waals surface area contributed by atoms with Crippen LogP contribution in [-0.2, 0) is 6.18 Å². The molecule has 0 fully saturated rings. The maximum absolute atomic E-state index is 13.2. The molecule has 0 aliphatic rings. The molecular weight excluding hydrogens is 359 g/mol. The highest BCUT2D eigenvalue weighted by molar-refractivity contribution is 9.10. The molecule has 2 aromatic carbocycles. The van der Waals surface area contributed by atoms with Crippen molar-refractivity contribution in [3.8, 4) is 0 Å². The molecule has 0 aromatic heterocycles. The Balaban J connectivity index is 2.36. The van der Waals surface area contributed by atoms with Crippen molar-refractivity contribution < 1.29 is 27.1 Å². The Morgan fingerprint density at radius 3 is 2.00 bits per heavy atom. The number of aliphatic hydroxyl groups excluding tert-OH is 1.